The molecule has 1 atom stereocenters. The second kappa shape index (κ2) is 7.89. The number of hydrazone groups is 1. The molecule has 8 heteroatoms. The number of hydrogen-bond acceptors (Lipinski definition) is 5. The van der Waals surface area contributed by atoms with E-state index in [1.54, 1.807) is 0 Å². The molecule has 0 aliphatic carbocycles. The van der Waals surface area contributed by atoms with Crippen molar-refractivity contribution in [3.8, 4) is 0 Å². The van der Waals surface area contributed by atoms with Gasteiger partial charge in [-0.2, -0.15) is 5.10 Å². The zero-order valence-electron chi connectivity index (χ0n) is 14.2. The van der Waals surface area contributed by atoms with Crippen molar-refractivity contribution in [1.29, 1.82) is 0 Å². The molecule has 0 spiro atoms. The van der Waals surface area contributed by atoms with Crippen molar-refractivity contribution < 1.29 is 24.2 Å². The SMILES string of the molecule is COCC(C)(NC(=O)C1=NN(Cc2ccccc2)C(=O)CC1)C(=O)O. The van der Waals surface area contributed by atoms with Gasteiger partial charge in [0.05, 0.1) is 13.2 Å². The van der Waals surface area contributed by atoms with Crippen LogP contribution in [0.25, 0.3) is 0 Å². The number of carboxylic acids is 1. The van der Waals surface area contributed by atoms with Crippen LogP contribution in [0.5, 0.6) is 0 Å². The Labute approximate surface area is 145 Å². The lowest BCUT2D eigenvalue weighted by atomic mass is 10.0. The van der Waals surface area contributed by atoms with Gasteiger partial charge in [-0.3, -0.25) is 9.59 Å². The van der Waals surface area contributed by atoms with E-state index in [2.05, 4.69) is 10.4 Å². The summed E-state index contributed by atoms with van der Waals surface area (Å²) in [6, 6.07) is 9.29. The second-order valence-electron chi connectivity index (χ2n) is 6.01. The topological polar surface area (TPSA) is 108 Å². The van der Waals surface area contributed by atoms with E-state index < -0.39 is 17.4 Å². The highest BCUT2D eigenvalue weighted by Gasteiger charge is 2.37. The lowest BCUT2D eigenvalue weighted by Gasteiger charge is -2.27. The number of methoxy groups -OCH3 is 1. The number of ether oxygens (including phenoxy) is 1. The van der Waals surface area contributed by atoms with Crippen molar-refractivity contribution in [2.45, 2.75) is 31.8 Å². The zero-order chi connectivity index (χ0) is 18.4. The lowest BCUT2D eigenvalue weighted by molar-refractivity contribution is -0.148. The molecule has 8 nitrogen and oxygen atoms in total. The molecule has 1 aromatic rings. The van der Waals surface area contributed by atoms with Crippen LogP contribution in [-0.4, -0.2) is 52.9 Å². The van der Waals surface area contributed by atoms with Gasteiger partial charge in [-0.15, -0.1) is 0 Å². The van der Waals surface area contributed by atoms with Crippen LogP contribution in [-0.2, 0) is 25.7 Å². The summed E-state index contributed by atoms with van der Waals surface area (Å²) in [7, 11) is 1.35. The molecule has 0 saturated heterocycles. The molecule has 25 heavy (non-hydrogen) atoms. The standard InChI is InChI=1S/C17H21N3O5/c1-17(11-25-2,16(23)24)18-15(22)13-8-9-14(21)20(19-13)10-12-6-4-3-5-7-12/h3-7H,8-11H2,1-2H3,(H,18,22)(H,23,24). The summed E-state index contributed by atoms with van der Waals surface area (Å²) in [5, 5.41) is 17.1. The average Bonchev–Trinajstić information content (AvgIpc) is 2.57. The van der Waals surface area contributed by atoms with Gasteiger partial charge in [0, 0.05) is 20.0 Å². The first-order valence-corrected chi connectivity index (χ1v) is 7.82. The van der Waals surface area contributed by atoms with Crippen molar-refractivity contribution in [3.63, 3.8) is 0 Å². The van der Waals surface area contributed by atoms with Crippen LogP contribution >= 0.6 is 0 Å². The molecule has 0 bridgehead atoms. The summed E-state index contributed by atoms with van der Waals surface area (Å²) >= 11 is 0. The van der Waals surface area contributed by atoms with Gasteiger partial charge < -0.3 is 15.2 Å². The molecule has 1 heterocycles. The predicted molar refractivity (Wildman–Crippen MR) is 89.7 cm³/mol. The average molecular weight is 347 g/mol. The zero-order valence-corrected chi connectivity index (χ0v) is 14.2. The Morgan fingerprint density at radius 2 is 2.00 bits per heavy atom. The van der Waals surface area contributed by atoms with E-state index in [4.69, 9.17) is 4.74 Å². The number of carbonyl (C=O) groups is 3. The molecule has 2 rings (SSSR count). The maximum atomic E-state index is 12.4. The minimum atomic E-state index is -1.57. The van der Waals surface area contributed by atoms with Crippen molar-refractivity contribution in [2.24, 2.45) is 5.10 Å². The molecule has 0 aromatic heterocycles. The van der Waals surface area contributed by atoms with Gasteiger partial charge >= 0.3 is 5.97 Å². The Morgan fingerprint density at radius 3 is 2.60 bits per heavy atom. The van der Waals surface area contributed by atoms with E-state index in [0.717, 1.165) is 5.56 Å². The monoisotopic (exact) mass is 347 g/mol. The van der Waals surface area contributed by atoms with Gasteiger partial charge in [-0.25, -0.2) is 9.80 Å². The Kier molecular flexibility index (Phi) is 5.87. The first kappa shape index (κ1) is 18.6. The molecule has 1 unspecified atom stereocenters. The molecule has 2 amide bonds. The van der Waals surface area contributed by atoms with E-state index in [0.29, 0.717) is 0 Å². The Hall–Kier alpha value is -2.74. The Morgan fingerprint density at radius 1 is 1.32 bits per heavy atom. The fourth-order valence-electron chi connectivity index (χ4n) is 2.41. The van der Waals surface area contributed by atoms with E-state index in [1.807, 2.05) is 30.3 Å². The summed E-state index contributed by atoms with van der Waals surface area (Å²) in [6.07, 6.45) is 0.311. The molecule has 1 aliphatic heterocycles. The first-order valence-electron chi connectivity index (χ1n) is 7.82. The van der Waals surface area contributed by atoms with Crippen LogP contribution in [0, 0.1) is 0 Å². The first-order chi connectivity index (χ1) is 11.9. The van der Waals surface area contributed by atoms with Gasteiger partial charge in [0.2, 0.25) is 5.91 Å². The highest BCUT2D eigenvalue weighted by atomic mass is 16.5. The van der Waals surface area contributed by atoms with Crippen LogP contribution in [0.3, 0.4) is 0 Å². The number of nitrogens with zero attached hydrogens (tertiary/aromatic N) is 2. The van der Waals surface area contributed by atoms with Crippen molar-refractivity contribution in [2.75, 3.05) is 13.7 Å². The summed E-state index contributed by atoms with van der Waals surface area (Å²) in [6.45, 7) is 1.42. The number of hydrogen-bond donors (Lipinski definition) is 2. The molecule has 2 N–H and O–H groups in total. The van der Waals surface area contributed by atoms with Crippen molar-refractivity contribution in [1.82, 2.24) is 10.3 Å². The smallest absolute Gasteiger partial charge is 0.331 e. The molecule has 0 saturated carbocycles. The minimum absolute atomic E-state index is 0.124. The third-order valence-electron chi connectivity index (χ3n) is 3.84. The maximum absolute atomic E-state index is 12.4. The summed E-state index contributed by atoms with van der Waals surface area (Å²) in [4.78, 5) is 35.8. The predicted octanol–water partition coefficient (Wildman–Crippen LogP) is 0.771. The number of amides is 2. The Balaban J connectivity index is 2.14. The van der Waals surface area contributed by atoms with Gasteiger partial charge in [-0.05, 0) is 12.5 Å². The van der Waals surface area contributed by atoms with Gasteiger partial charge in [0.25, 0.3) is 5.91 Å². The van der Waals surface area contributed by atoms with E-state index in [-0.39, 0.29) is 37.6 Å². The van der Waals surface area contributed by atoms with E-state index >= 15 is 0 Å². The quantitative estimate of drug-likeness (QED) is 0.757. The van der Waals surface area contributed by atoms with E-state index in [9.17, 15) is 19.5 Å². The number of rotatable bonds is 7. The normalized spacial score (nSPS) is 16.8. The largest absolute Gasteiger partial charge is 0.479 e. The van der Waals surface area contributed by atoms with Crippen LogP contribution in [0.4, 0.5) is 0 Å². The number of nitrogens with one attached hydrogen (secondary N) is 1. The number of carbonyl (C=O) groups excluding carboxylic acids is 2. The Bertz CT molecular complexity index is 689. The van der Waals surface area contributed by atoms with Crippen LogP contribution in [0.15, 0.2) is 35.4 Å². The minimum Gasteiger partial charge on any atom is -0.479 e. The lowest BCUT2D eigenvalue weighted by Crippen LogP contribution is -2.57. The molecular formula is C17H21N3O5. The maximum Gasteiger partial charge on any atom is 0.331 e. The third-order valence-corrected chi connectivity index (χ3v) is 3.84. The highest BCUT2D eigenvalue weighted by molar-refractivity contribution is 6.40. The molecule has 1 aromatic carbocycles. The summed E-state index contributed by atoms with van der Waals surface area (Å²) in [5.41, 5.74) is -0.560. The van der Waals surface area contributed by atoms with Crippen molar-refractivity contribution in [3.05, 3.63) is 35.9 Å². The fourth-order valence-corrected chi connectivity index (χ4v) is 2.41. The molecule has 1 aliphatic rings. The van der Waals surface area contributed by atoms with Crippen LogP contribution in [0.2, 0.25) is 0 Å². The third kappa shape index (κ3) is 4.63. The molecule has 0 fully saturated rings. The fraction of sp³-hybridized carbons (Fsp3) is 0.412. The molecule has 134 valence electrons. The molecular weight excluding hydrogens is 326 g/mol. The van der Waals surface area contributed by atoms with Crippen LogP contribution in [0.1, 0.15) is 25.3 Å². The second-order valence-corrected chi connectivity index (χ2v) is 6.01. The highest BCUT2D eigenvalue weighted by Crippen LogP contribution is 2.14. The summed E-state index contributed by atoms with van der Waals surface area (Å²) in [5.74, 6) is -2.01. The molecule has 0 radical (unpaired) electrons. The van der Waals surface area contributed by atoms with Gasteiger partial charge in [-0.1, -0.05) is 30.3 Å². The van der Waals surface area contributed by atoms with Crippen molar-refractivity contribution >= 4 is 23.5 Å². The number of aliphatic carboxylic acids is 1. The summed E-state index contributed by atoms with van der Waals surface area (Å²) < 4.78 is 4.87. The van der Waals surface area contributed by atoms with E-state index in [1.165, 1.54) is 19.0 Å². The number of carboxylic acid groups (broad SMARTS) is 1. The number of benzene rings is 1. The van der Waals surface area contributed by atoms with Crippen LogP contribution < -0.4 is 5.32 Å². The van der Waals surface area contributed by atoms with Gasteiger partial charge in [0.15, 0.2) is 5.54 Å². The van der Waals surface area contributed by atoms with Gasteiger partial charge in [0.1, 0.15) is 5.71 Å².